The van der Waals surface area contributed by atoms with E-state index in [1.54, 1.807) is 53.2 Å². The molecule has 8 heteroatoms. The van der Waals surface area contributed by atoms with Crippen LogP contribution in [0.2, 0.25) is 10.0 Å². The van der Waals surface area contributed by atoms with E-state index in [9.17, 15) is 4.79 Å². The summed E-state index contributed by atoms with van der Waals surface area (Å²) in [5, 5.41) is 11.9. The standard InChI is InChI=1S/C17H14Cl2N4O2/c1-25-10-15-16(17(24)20-14-5-3-2-4-13(14)19)21-22-23(15)12-8-6-11(18)7-9-12/h2-9H,10H2,1H3,(H,20,24). The van der Waals surface area contributed by atoms with Crippen molar-refractivity contribution in [2.24, 2.45) is 0 Å². The van der Waals surface area contributed by atoms with Crippen molar-refractivity contribution in [2.45, 2.75) is 6.61 Å². The molecule has 0 aliphatic carbocycles. The molecule has 25 heavy (non-hydrogen) atoms. The van der Waals surface area contributed by atoms with Gasteiger partial charge in [-0.1, -0.05) is 40.5 Å². The Balaban J connectivity index is 1.95. The summed E-state index contributed by atoms with van der Waals surface area (Å²) in [4.78, 5) is 12.6. The Hall–Kier alpha value is -2.41. The fraction of sp³-hybridized carbons (Fsp3) is 0.118. The van der Waals surface area contributed by atoms with E-state index in [0.29, 0.717) is 21.4 Å². The molecule has 0 atom stereocenters. The summed E-state index contributed by atoms with van der Waals surface area (Å²) >= 11 is 12.0. The van der Waals surface area contributed by atoms with Gasteiger partial charge in [0.15, 0.2) is 5.69 Å². The maximum atomic E-state index is 12.6. The first kappa shape index (κ1) is 17.4. The Bertz CT molecular complexity index is 894. The van der Waals surface area contributed by atoms with Gasteiger partial charge in [-0.3, -0.25) is 4.79 Å². The maximum Gasteiger partial charge on any atom is 0.278 e. The van der Waals surface area contributed by atoms with Crippen LogP contribution in [-0.4, -0.2) is 28.0 Å². The van der Waals surface area contributed by atoms with Gasteiger partial charge in [-0.05, 0) is 36.4 Å². The molecule has 6 nitrogen and oxygen atoms in total. The van der Waals surface area contributed by atoms with Gasteiger partial charge in [0, 0.05) is 12.1 Å². The normalized spacial score (nSPS) is 10.7. The van der Waals surface area contributed by atoms with Gasteiger partial charge in [0.05, 0.1) is 23.0 Å². The van der Waals surface area contributed by atoms with Crippen LogP contribution in [0.15, 0.2) is 48.5 Å². The van der Waals surface area contributed by atoms with Gasteiger partial charge in [0.25, 0.3) is 5.91 Å². The molecule has 1 amide bonds. The molecule has 0 spiro atoms. The molecule has 0 aliphatic rings. The number of nitrogens with one attached hydrogen (secondary N) is 1. The lowest BCUT2D eigenvalue weighted by molar-refractivity contribution is 0.101. The van der Waals surface area contributed by atoms with E-state index in [2.05, 4.69) is 15.6 Å². The number of nitrogens with zero attached hydrogens (tertiary/aromatic N) is 3. The van der Waals surface area contributed by atoms with Gasteiger partial charge in [-0.25, -0.2) is 4.68 Å². The van der Waals surface area contributed by atoms with E-state index < -0.39 is 5.91 Å². The lowest BCUT2D eigenvalue weighted by Gasteiger charge is -2.08. The molecular formula is C17H14Cl2N4O2. The molecular weight excluding hydrogens is 363 g/mol. The Morgan fingerprint density at radius 1 is 1.16 bits per heavy atom. The molecule has 0 fully saturated rings. The van der Waals surface area contributed by atoms with Crippen molar-refractivity contribution in [3.63, 3.8) is 0 Å². The zero-order valence-corrected chi connectivity index (χ0v) is 14.8. The van der Waals surface area contributed by atoms with Crippen molar-refractivity contribution in [2.75, 3.05) is 12.4 Å². The van der Waals surface area contributed by atoms with Crippen LogP contribution in [0.1, 0.15) is 16.2 Å². The van der Waals surface area contributed by atoms with Gasteiger partial charge in [-0.15, -0.1) is 5.10 Å². The highest BCUT2D eigenvalue weighted by Crippen LogP contribution is 2.22. The molecule has 0 aliphatic heterocycles. The lowest BCUT2D eigenvalue weighted by atomic mass is 10.2. The Morgan fingerprint density at radius 2 is 1.88 bits per heavy atom. The number of carbonyl (C=O) groups is 1. The molecule has 0 unspecified atom stereocenters. The van der Waals surface area contributed by atoms with E-state index >= 15 is 0 Å². The van der Waals surface area contributed by atoms with Crippen molar-refractivity contribution in [1.82, 2.24) is 15.0 Å². The summed E-state index contributed by atoms with van der Waals surface area (Å²) in [5.41, 5.74) is 1.91. The van der Waals surface area contributed by atoms with Crippen molar-refractivity contribution >= 4 is 34.8 Å². The van der Waals surface area contributed by atoms with E-state index in [0.717, 1.165) is 5.69 Å². The topological polar surface area (TPSA) is 69.0 Å². The number of amides is 1. The quantitative estimate of drug-likeness (QED) is 0.731. The smallest absolute Gasteiger partial charge is 0.278 e. The third-order valence-electron chi connectivity index (χ3n) is 3.45. The summed E-state index contributed by atoms with van der Waals surface area (Å²) in [6.45, 7) is 0.168. The van der Waals surface area contributed by atoms with Crippen molar-refractivity contribution in [1.29, 1.82) is 0 Å². The molecule has 0 saturated carbocycles. The molecule has 1 N–H and O–H groups in total. The first-order chi connectivity index (χ1) is 12.1. The fourth-order valence-corrected chi connectivity index (χ4v) is 2.59. The third-order valence-corrected chi connectivity index (χ3v) is 4.03. The molecule has 128 valence electrons. The van der Waals surface area contributed by atoms with Crippen LogP contribution in [0.4, 0.5) is 5.69 Å². The minimum atomic E-state index is -0.416. The highest BCUT2D eigenvalue weighted by atomic mass is 35.5. The number of aromatic nitrogens is 3. The van der Waals surface area contributed by atoms with Crippen molar-refractivity contribution in [3.05, 3.63) is 70.0 Å². The number of hydrogen-bond donors (Lipinski definition) is 1. The molecule has 3 aromatic rings. The number of carbonyl (C=O) groups excluding carboxylic acids is 1. The second-order valence-corrected chi connectivity index (χ2v) is 5.98. The molecule has 2 aromatic carbocycles. The van der Waals surface area contributed by atoms with Gasteiger partial charge in [-0.2, -0.15) is 0 Å². The summed E-state index contributed by atoms with van der Waals surface area (Å²) in [6.07, 6.45) is 0. The van der Waals surface area contributed by atoms with Crippen LogP contribution in [0, 0.1) is 0 Å². The number of anilines is 1. The molecule has 3 rings (SSSR count). The average molecular weight is 377 g/mol. The molecule has 0 bridgehead atoms. The van der Waals surface area contributed by atoms with Gasteiger partial charge >= 0.3 is 0 Å². The Labute approximate surface area is 154 Å². The van der Waals surface area contributed by atoms with Crippen molar-refractivity contribution < 1.29 is 9.53 Å². The van der Waals surface area contributed by atoms with Crippen LogP contribution in [-0.2, 0) is 11.3 Å². The fourth-order valence-electron chi connectivity index (χ4n) is 2.28. The SMILES string of the molecule is COCc1c(C(=O)Nc2ccccc2Cl)nnn1-c1ccc(Cl)cc1. The average Bonchev–Trinajstić information content (AvgIpc) is 3.02. The first-order valence-electron chi connectivity index (χ1n) is 7.35. The van der Waals surface area contributed by atoms with Crippen LogP contribution in [0.5, 0.6) is 0 Å². The highest BCUT2D eigenvalue weighted by molar-refractivity contribution is 6.33. The largest absolute Gasteiger partial charge is 0.378 e. The second-order valence-electron chi connectivity index (χ2n) is 5.14. The van der Waals surface area contributed by atoms with Crippen molar-refractivity contribution in [3.8, 4) is 5.69 Å². The first-order valence-corrected chi connectivity index (χ1v) is 8.11. The summed E-state index contributed by atoms with van der Waals surface area (Å²) in [5.74, 6) is -0.416. The minimum absolute atomic E-state index is 0.164. The minimum Gasteiger partial charge on any atom is -0.378 e. The van der Waals surface area contributed by atoms with E-state index in [-0.39, 0.29) is 12.3 Å². The summed E-state index contributed by atoms with van der Waals surface area (Å²) in [7, 11) is 1.54. The maximum absolute atomic E-state index is 12.6. The Morgan fingerprint density at radius 3 is 2.56 bits per heavy atom. The van der Waals surface area contributed by atoms with Crippen LogP contribution in [0.3, 0.4) is 0 Å². The van der Waals surface area contributed by atoms with Crippen LogP contribution < -0.4 is 5.32 Å². The number of hydrogen-bond acceptors (Lipinski definition) is 4. The number of rotatable bonds is 5. The van der Waals surface area contributed by atoms with Crippen LogP contribution >= 0.6 is 23.2 Å². The molecule has 1 aromatic heterocycles. The zero-order chi connectivity index (χ0) is 17.8. The third kappa shape index (κ3) is 3.82. The molecule has 0 saturated heterocycles. The monoisotopic (exact) mass is 376 g/mol. The van der Waals surface area contributed by atoms with Gasteiger partial charge in [0.2, 0.25) is 0 Å². The summed E-state index contributed by atoms with van der Waals surface area (Å²) < 4.78 is 6.75. The number of para-hydroxylation sites is 1. The zero-order valence-electron chi connectivity index (χ0n) is 13.2. The summed E-state index contributed by atoms with van der Waals surface area (Å²) in [6, 6.07) is 14.0. The predicted octanol–water partition coefficient (Wildman–Crippen LogP) is 3.97. The number of ether oxygens (including phenoxy) is 1. The Kier molecular flexibility index (Phi) is 5.33. The van der Waals surface area contributed by atoms with Crippen LogP contribution in [0.25, 0.3) is 5.69 Å². The highest BCUT2D eigenvalue weighted by Gasteiger charge is 2.21. The number of halogens is 2. The second kappa shape index (κ2) is 7.65. The molecule has 1 heterocycles. The van der Waals surface area contributed by atoms with E-state index in [1.165, 1.54) is 7.11 Å². The van der Waals surface area contributed by atoms with Gasteiger partial charge in [0.1, 0.15) is 5.69 Å². The molecule has 0 radical (unpaired) electrons. The van der Waals surface area contributed by atoms with E-state index in [1.807, 2.05) is 0 Å². The lowest BCUT2D eigenvalue weighted by Crippen LogP contribution is -2.16. The number of benzene rings is 2. The predicted molar refractivity (Wildman–Crippen MR) is 96.5 cm³/mol. The van der Waals surface area contributed by atoms with Gasteiger partial charge < -0.3 is 10.1 Å². The number of methoxy groups -OCH3 is 1. The van der Waals surface area contributed by atoms with E-state index in [4.69, 9.17) is 27.9 Å².